The molecule has 1 aromatic heterocycles. The number of rotatable bonds is 6. The summed E-state index contributed by atoms with van der Waals surface area (Å²) in [5.74, 6) is -0.789. The number of hydrogen-bond donors (Lipinski definition) is 0. The maximum absolute atomic E-state index is 13.7. The molecule has 0 saturated carbocycles. The van der Waals surface area contributed by atoms with Crippen molar-refractivity contribution in [2.75, 3.05) is 0 Å². The van der Waals surface area contributed by atoms with Crippen LogP contribution in [0.3, 0.4) is 0 Å². The zero-order chi connectivity index (χ0) is 22.6. The van der Waals surface area contributed by atoms with Crippen LogP contribution in [0.5, 0.6) is 0 Å². The van der Waals surface area contributed by atoms with E-state index in [2.05, 4.69) is 24.3 Å². The Labute approximate surface area is 201 Å². The van der Waals surface area contributed by atoms with Gasteiger partial charge in [0.15, 0.2) is 0 Å². The third-order valence-electron chi connectivity index (χ3n) is 5.28. The predicted molar refractivity (Wildman–Crippen MR) is 133 cm³/mol. The molecule has 0 fully saturated rings. The zero-order valence-electron chi connectivity index (χ0n) is 17.5. The molecule has 0 radical (unpaired) electrons. The Morgan fingerprint density at radius 1 is 0.636 bits per heavy atom. The van der Waals surface area contributed by atoms with Crippen molar-refractivity contribution in [1.29, 1.82) is 0 Å². The average Bonchev–Trinajstić information content (AvgIpc) is 3.26. The van der Waals surface area contributed by atoms with Crippen molar-refractivity contribution in [2.45, 2.75) is 5.92 Å². The summed E-state index contributed by atoms with van der Waals surface area (Å²) in [6.07, 6.45) is 0. The molecule has 0 N–H and O–H groups in total. The number of halogens is 2. The van der Waals surface area contributed by atoms with E-state index in [1.165, 1.54) is 32.5 Å². The van der Waals surface area contributed by atoms with Crippen LogP contribution in [-0.2, 0) is 0 Å². The predicted octanol–water partition coefficient (Wildman–Crippen LogP) is 5.92. The van der Waals surface area contributed by atoms with E-state index in [9.17, 15) is 8.78 Å². The van der Waals surface area contributed by atoms with Crippen LogP contribution < -0.4 is 8.24 Å². The van der Waals surface area contributed by atoms with Gasteiger partial charge in [-0.3, -0.25) is 0 Å². The van der Waals surface area contributed by atoms with Gasteiger partial charge in [-0.15, -0.1) is 0 Å². The van der Waals surface area contributed by atoms with Gasteiger partial charge in [0.2, 0.25) is 0 Å². The summed E-state index contributed by atoms with van der Waals surface area (Å²) in [6.45, 7) is 0. The second-order valence-corrected chi connectivity index (χ2v) is 11.4. The molecular weight excluding hydrogens is 499 g/mol. The van der Waals surface area contributed by atoms with Crippen LogP contribution in [0.25, 0.3) is 10.6 Å². The molecule has 162 valence electrons. The number of benzene rings is 4. The summed E-state index contributed by atoms with van der Waals surface area (Å²) in [4.78, 5) is 5.12. The normalized spacial score (nSPS) is 11.1. The molecule has 1 heterocycles. The number of nitrogens with zero attached hydrogens (tertiary/aromatic N) is 1. The van der Waals surface area contributed by atoms with Gasteiger partial charge in [-0.2, -0.15) is 0 Å². The molecule has 0 aliphatic heterocycles. The molecule has 4 aromatic carbocycles. The summed E-state index contributed by atoms with van der Waals surface area (Å²) >= 11 is 1.74. The van der Waals surface area contributed by atoms with Gasteiger partial charge in [-0.25, -0.2) is 0 Å². The van der Waals surface area contributed by atoms with Crippen molar-refractivity contribution in [1.82, 2.24) is 4.98 Å². The van der Waals surface area contributed by atoms with Gasteiger partial charge in [-0.05, 0) is 0 Å². The maximum atomic E-state index is 13.7. The third kappa shape index (κ3) is 4.96. The molecule has 5 aromatic rings. The second-order valence-electron chi connectivity index (χ2n) is 7.51. The topological polar surface area (TPSA) is 12.9 Å². The summed E-state index contributed by atoms with van der Waals surface area (Å²) in [5, 5.41) is 0.952. The van der Waals surface area contributed by atoms with Gasteiger partial charge in [0.1, 0.15) is 0 Å². The monoisotopic (exact) mass is 519 g/mol. The molecule has 5 rings (SSSR count). The Hall–Kier alpha value is -3.11. The van der Waals surface area contributed by atoms with Crippen LogP contribution in [-0.4, -0.2) is 19.9 Å². The van der Waals surface area contributed by atoms with E-state index in [1.807, 2.05) is 36.4 Å². The van der Waals surface area contributed by atoms with E-state index in [1.54, 1.807) is 35.6 Å². The minimum atomic E-state index is -0.284. The minimum absolute atomic E-state index is 0.0413. The van der Waals surface area contributed by atoms with E-state index < -0.39 is 0 Å². The molecular formula is C28H19F2NSSe. The van der Waals surface area contributed by atoms with Gasteiger partial charge < -0.3 is 0 Å². The van der Waals surface area contributed by atoms with E-state index >= 15 is 0 Å². The Balaban J connectivity index is 1.69. The van der Waals surface area contributed by atoms with E-state index in [-0.39, 0.29) is 32.5 Å². The zero-order valence-corrected chi connectivity index (χ0v) is 20.0. The fourth-order valence-electron chi connectivity index (χ4n) is 3.69. The summed E-state index contributed by atoms with van der Waals surface area (Å²) in [6, 6.07) is 33.6. The van der Waals surface area contributed by atoms with E-state index in [0.29, 0.717) is 0 Å². The fraction of sp³-hybridized carbons (Fsp3) is 0.0357. The Kier molecular flexibility index (Phi) is 6.45. The van der Waals surface area contributed by atoms with Crippen LogP contribution in [0.4, 0.5) is 8.78 Å². The average molecular weight is 518 g/mol. The number of aromatic nitrogens is 1. The first-order valence-corrected chi connectivity index (χ1v) is 13.0. The summed E-state index contributed by atoms with van der Waals surface area (Å²) < 4.78 is 29.9. The Bertz CT molecular complexity index is 1290. The van der Waals surface area contributed by atoms with Crippen molar-refractivity contribution in [3.05, 3.63) is 138 Å². The molecule has 0 unspecified atom stereocenters. The van der Waals surface area contributed by atoms with Crippen molar-refractivity contribution < 1.29 is 8.78 Å². The van der Waals surface area contributed by atoms with Gasteiger partial charge >= 0.3 is 202 Å². The molecule has 1 nitrogen and oxygen atoms in total. The first-order valence-electron chi connectivity index (χ1n) is 10.5. The first kappa shape index (κ1) is 21.7. The van der Waals surface area contributed by atoms with Crippen molar-refractivity contribution in [3.8, 4) is 10.6 Å². The fourth-order valence-corrected chi connectivity index (χ4v) is 7.46. The molecule has 0 aliphatic rings. The van der Waals surface area contributed by atoms with Gasteiger partial charge in [-0.1, -0.05) is 0 Å². The van der Waals surface area contributed by atoms with Crippen molar-refractivity contribution >= 4 is 34.5 Å². The molecule has 0 bridgehead atoms. The standard InChI is InChI=1S/C28H19F2NSSe/c29-22-15-11-19(12-16-22)25(20-13-17-23(30)18-14-20)26-28(33-24-9-5-2-6-10-24)32-27(31-26)21-7-3-1-4-8-21/h1-18,25H. The van der Waals surface area contributed by atoms with Crippen LogP contribution in [0.15, 0.2) is 109 Å². The summed E-state index contributed by atoms with van der Waals surface area (Å²) in [5.41, 5.74) is 3.87. The molecule has 0 saturated heterocycles. The molecule has 0 aliphatic carbocycles. The molecule has 33 heavy (non-hydrogen) atoms. The summed E-state index contributed by atoms with van der Waals surface area (Å²) in [7, 11) is 0. The van der Waals surface area contributed by atoms with Crippen molar-refractivity contribution in [3.63, 3.8) is 0 Å². The molecule has 5 heteroatoms. The third-order valence-corrected chi connectivity index (χ3v) is 9.04. The molecule has 0 amide bonds. The Morgan fingerprint density at radius 2 is 1.15 bits per heavy atom. The van der Waals surface area contributed by atoms with E-state index in [0.717, 1.165) is 27.4 Å². The van der Waals surface area contributed by atoms with Crippen molar-refractivity contribution in [2.24, 2.45) is 0 Å². The number of thiazole rings is 1. The van der Waals surface area contributed by atoms with Crippen LogP contribution in [0.1, 0.15) is 22.7 Å². The first-order chi connectivity index (χ1) is 16.2. The van der Waals surface area contributed by atoms with Gasteiger partial charge in [0.25, 0.3) is 0 Å². The number of hydrogen-bond acceptors (Lipinski definition) is 2. The van der Waals surface area contributed by atoms with Crippen LogP contribution in [0.2, 0.25) is 0 Å². The second kappa shape index (κ2) is 9.80. The van der Waals surface area contributed by atoms with Gasteiger partial charge in [0, 0.05) is 0 Å². The van der Waals surface area contributed by atoms with Crippen LogP contribution >= 0.6 is 11.3 Å². The molecule has 0 atom stereocenters. The SMILES string of the molecule is Fc1ccc(C(c2ccc(F)cc2)c2nc(-c3ccccc3)sc2[Se]c2ccccc2)cc1. The van der Waals surface area contributed by atoms with E-state index in [4.69, 9.17) is 4.98 Å². The van der Waals surface area contributed by atoms with Gasteiger partial charge in [0.05, 0.1) is 0 Å². The Morgan fingerprint density at radius 3 is 1.70 bits per heavy atom. The quantitative estimate of drug-likeness (QED) is 0.254. The molecule has 0 spiro atoms. The van der Waals surface area contributed by atoms with Crippen LogP contribution in [0, 0.1) is 11.6 Å².